The summed E-state index contributed by atoms with van der Waals surface area (Å²) in [6, 6.07) is 0. The van der Waals surface area contributed by atoms with Gasteiger partial charge in [0.25, 0.3) is 0 Å². The van der Waals surface area contributed by atoms with E-state index in [-0.39, 0.29) is 6.15 Å². The van der Waals surface area contributed by atoms with E-state index in [2.05, 4.69) is 33.5 Å². The zero-order chi connectivity index (χ0) is 43.0. The second kappa shape index (κ2) is 18.2. The summed E-state index contributed by atoms with van der Waals surface area (Å²) >= 11 is 0. The molecule has 2 saturated heterocycles. The van der Waals surface area contributed by atoms with Crippen LogP contribution >= 0.6 is 0 Å². The van der Waals surface area contributed by atoms with Gasteiger partial charge in [0.1, 0.15) is 37.1 Å². The summed E-state index contributed by atoms with van der Waals surface area (Å²) < 4.78 is 307. The molecule has 11 N–H and O–H groups in total. The van der Waals surface area contributed by atoms with Crippen LogP contribution in [0.2, 0.25) is 0 Å². The van der Waals surface area contributed by atoms with Gasteiger partial charge in [-0.3, -0.25) is 36.4 Å². The fourth-order valence-corrected chi connectivity index (χ4v) is 7.68. The highest BCUT2D eigenvalue weighted by atomic mass is 32.3. The van der Waals surface area contributed by atoms with Gasteiger partial charge >= 0.3 is 83.2 Å². The van der Waals surface area contributed by atoms with Crippen LogP contribution in [0.4, 0.5) is 0 Å². The molecule has 0 amide bonds. The highest BCUT2D eigenvalue weighted by molar-refractivity contribution is 7.82. The van der Waals surface area contributed by atoms with Crippen molar-refractivity contribution in [3.8, 4) is 0 Å². The molecule has 0 radical (unpaired) electrons. The summed E-state index contributed by atoms with van der Waals surface area (Å²) in [6.07, 6.45) is -26.0. The van der Waals surface area contributed by atoms with Gasteiger partial charge in [0.2, 0.25) is 5.79 Å². The molecule has 2 fully saturated rings. The van der Waals surface area contributed by atoms with Crippen molar-refractivity contribution in [3.63, 3.8) is 0 Å². The van der Waals surface area contributed by atoms with Crippen LogP contribution in [0.25, 0.3) is 0 Å². The SMILES string of the molecule is N.O=S(=O)(O)OC[C@H]1O[C@@](COS(=O)(=O)O)(O[C@H]2O[C@H](COS(=O)(=O)O)[C@@H](OS(=O)(=O)O)[C@H](OS(=O)(=O)O)[C@H]2OS(=O)(=O)O)[C@@H](OS(=O)(=O)O)[C@@H]1OS(=O)(=O)O. The van der Waals surface area contributed by atoms with Gasteiger partial charge < -0.3 is 20.4 Å². The molecule has 36 nitrogen and oxygen atoms in total. The van der Waals surface area contributed by atoms with E-state index in [9.17, 15) is 94.7 Å². The number of rotatable bonds is 21. The minimum Gasteiger partial charge on any atom is -0.344 e. The maximum absolute atomic E-state index is 11.9. The Labute approximate surface area is 314 Å². The largest absolute Gasteiger partial charge is 0.397 e. The normalized spacial score (nSPS) is 30.1. The minimum absolute atomic E-state index is 0. The number of hydrogen-bond acceptors (Lipinski definition) is 28. The Hall–Kier alpha value is -1.20. The summed E-state index contributed by atoms with van der Waals surface area (Å²) in [5.41, 5.74) is 0. The maximum Gasteiger partial charge on any atom is 0.397 e. The summed E-state index contributed by atoms with van der Waals surface area (Å²) in [7, 11) is -48.3. The molecule has 0 aromatic carbocycles. The molecule has 0 aromatic rings. The molecule has 0 saturated carbocycles. The first-order valence-electron chi connectivity index (χ1n) is 12.3. The highest BCUT2D eigenvalue weighted by Gasteiger charge is 2.65. The molecular formula is C12H25NO35S8. The van der Waals surface area contributed by atoms with Crippen LogP contribution in [0.5, 0.6) is 0 Å². The van der Waals surface area contributed by atoms with Crippen LogP contribution in [0.15, 0.2) is 0 Å². The van der Waals surface area contributed by atoms with E-state index in [0.29, 0.717) is 0 Å². The Morgan fingerprint density at radius 2 is 0.786 bits per heavy atom. The Morgan fingerprint density at radius 3 is 1.18 bits per heavy atom. The predicted octanol–water partition coefficient (Wildman–Crippen LogP) is -6.62. The molecule has 0 aliphatic carbocycles. The first-order chi connectivity index (χ1) is 24.2. The lowest BCUT2D eigenvalue weighted by Crippen LogP contribution is -2.65. The van der Waals surface area contributed by atoms with Crippen molar-refractivity contribution in [2.45, 2.75) is 54.8 Å². The Bertz CT molecular complexity index is 2280. The van der Waals surface area contributed by atoms with Crippen molar-refractivity contribution in [3.05, 3.63) is 0 Å². The molecule has 9 atom stereocenters. The van der Waals surface area contributed by atoms with Crippen LogP contribution in [0, 0.1) is 0 Å². The molecule has 2 aliphatic heterocycles. The molecule has 336 valence electrons. The van der Waals surface area contributed by atoms with Gasteiger partial charge in [0.15, 0.2) is 18.5 Å². The van der Waals surface area contributed by atoms with Crippen LogP contribution in [-0.2, 0) is 131 Å². The first kappa shape index (κ1) is 52.8. The number of hydrogen-bond donors (Lipinski definition) is 9. The van der Waals surface area contributed by atoms with Crippen LogP contribution < -0.4 is 6.15 Å². The van der Waals surface area contributed by atoms with E-state index in [1.54, 1.807) is 0 Å². The second-order valence-electron chi connectivity index (χ2n) is 9.64. The Balaban J connectivity index is 0.0000157. The quantitative estimate of drug-likeness (QED) is 0.0483. The third-order valence-corrected chi connectivity index (χ3v) is 9.28. The summed E-state index contributed by atoms with van der Waals surface area (Å²) in [4.78, 5) is 0. The summed E-state index contributed by atoms with van der Waals surface area (Å²) in [6.45, 7) is -6.25. The van der Waals surface area contributed by atoms with Crippen molar-refractivity contribution in [2.24, 2.45) is 0 Å². The predicted molar refractivity (Wildman–Crippen MR) is 157 cm³/mol. The van der Waals surface area contributed by atoms with Crippen molar-refractivity contribution in [1.29, 1.82) is 0 Å². The third kappa shape index (κ3) is 18.8. The monoisotopic (exact) mass is 999 g/mol. The smallest absolute Gasteiger partial charge is 0.344 e. The van der Waals surface area contributed by atoms with Gasteiger partial charge in [0.05, 0.1) is 13.2 Å². The van der Waals surface area contributed by atoms with Gasteiger partial charge in [-0.1, -0.05) is 0 Å². The van der Waals surface area contributed by atoms with Crippen LogP contribution in [-0.4, -0.2) is 178 Å². The molecule has 0 aromatic heterocycles. The average Bonchev–Trinajstić information content (AvgIpc) is 3.15. The van der Waals surface area contributed by atoms with E-state index in [0.717, 1.165) is 0 Å². The van der Waals surface area contributed by atoms with Crippen molar-refractivity contribution >= 4 is 83.2 Å². The molecule has 0 unspecified atom stereocenters. The summed E-state index contributed by atoms with van der Waals surface area (Å²) in [5, 5.41) is 0. The Kier molecular flexibility index (Phi) is 17.2. The molecule has 56 heavy (non-hydrogen) atoms. The second-order valence-corrected chi connectivity index (χ2v) is 18.2. The van der Waals surface area contributed by atoms with Crippen molar-refractivity contribution in [1.82, 2.24) is 6.15 Å². The zero-order valence-corrected chi connectivity index (χ0v) is 32.3. The highest BCUT2D eigenvalue weighted by Crippen LogP contribution is 2.42. The summed E-state index contributed by atoms with van der Waals surface area (Å²) in [5.74, 6) is -4.12. The molecule has 0 spiro atoms. The van der Waals surface area contributed by atoms with E-state index in [1.165, 1.54) is 0 Å². The average molecular weight is 1000 g/mol. The lowest BCUT2D eigenvalue weighted by Gasteiger charge is -2.45. The van der Waals surface area contributed by atoms with E-state index in [1.807, 2.05) is 0 Å². The first-order valence-corrected chi connectivity index (χ1v) is 23.2. The van der Waals surface area contributed by atoms with Gasteiger partial charge in [-0.15, -0.1) is 0 Å². The maximum atomic E-state index is 11.9. The molecule has 2 rings (SSSR count). The van der Waals surface area contributed by atoms with E-state index < -0.39 is 158 Å². The molecule has 0 bridgehead atoms. The van der Waals surface area contributed by atoms with Crippen molar-refractivity contribution in [2.75, 3.05) is 19.8 Å². The minimum atomic E-state index is -6.24. The van der Waals surface area contributed by atoms with Crippen LogP contribution in [0.1, 0.15) is 0 Å². The van der Waals surface area contributed by atoms with Gasteiger partial charge in [-0.05, 0) is 0 Å². The zero-order valence-electron chi connectivity index (χ0n) is 25.8. The lowest BCUT2D eigenvalue weighted by molar-refractivity contribution is -0.374. The number of ether oxygens (including phenoxy) is 3. The van der Waals surface area contributed by atoms with Crippen molar-refractivity contribution < 1.29 is 151 Å². The fraction of sp³-hybridized carbons (Fsp3) is 1.00. The molecule has 2 aliphatic rings. The third-order valence-electron chi connectivity index (χ3n) is 5.68. The van der Waals surface area contributed by atoms with Gasteiger partial charge in [-0.25, -0.2) is 33.5 Å². The van der Waals surface area contributed by atoms with Gasteiger partial charge in [0, 0.05) is 0 Å². The van der Waals surface area contributed by atoms with Crippen LogP contribution in [0.3, 0.4) is 0 Å². The molecular weight excluding hydrogens is 975 g/mol. The van der Waals surface area contributed by atoms with Gasteiger partial charge in [-0.2, -0.15) is 67.3 Å². The standard InChI is InChI=1S/C12H22O35S8.H3N/c13-48(14,15)37-1-4-6(43-51(22,23)24)8(45-53(28,29)30)9(46-54(31,32)33)11(40-4)42-12(3-39-50(19,20)21)10(47-55(34,35)36)7(44-52(25,26)27)5(41-12)2-38-49(16,17)18;/h4-11H,1-3H2,(H,13,14,15)(H,16,17,18)(H,19,20,21)(H,22,23,24)(H,25,26,27)(H,28,29,30)(H,31,32,33)(H,34,35,36);1H3/t4-,5-,6-,7-,8+,9-,10+,11-,12+;/m1./s1. The van der Waals surface area contributed by atoms with E-state index >= 15 is 0 Å². The topological polar surface area (TPSA) is 571 Å². The van der Waals surface area contributed by atoms with E-state index in [4.69, 9.17) is 23.3 Å². The fourth-order valence-electron chi connectivity index (χ4n) is 4.24. The Morgan fingerprint density at radius 1 is 0.429 bits per heavy atom. The molecule has 44 heteroatoms. The lowest BCUT2D eigenvalue weighted by atomic mass is 9.99. The molecule has 2 heterocycles.